The van der Waals surface area contributed by atoms with Gasteiger partial charge in [-0.3, -0.25) is 4.79 Å². The molecular weight excluding hydrogens is 208 g/mol. The minimum Gasteiger partial charge on any atom is -0.294 e. The highest BCUT2D eigenvalue weighted by atomic mass is 16.1. The van der Waals surface area contributed by atoms with E-state index in [9.17, 15) is 4.79 Å². The lowest BCUT2D eigenvalue weighted by molar-refractivity contribution is 0.0809. The zero-order valence-corrected chi connectivity index (χ0v) is 11.3. The lowest BCUT2D eigenvalue weighted by atomic mass is 9.75. The summed E-state index contributed by atoms with van der Waals surface area (Å²) in [5.41, 5.74) is 2.21. The Balaban J connectivity index is 2.48. The second kappa shape index (κ2) is 3.97. The van der Waals surface area contributed by atoms with Crippen LogP contribution in [0.2, 0.25) is 0 Å². The molecule has 1 aliphatic rings. The lowest BCUT2D eigenvalue weighted by Gasteiger charge is -2.28. The fourth-order valence-corrected chi connectivity index (χ4v) is 2.62. The maximum Gasteiger partial charge on any atom is 0.168 e. The Kier molecular flexibility index (Phi) is 2.89. The normalized spacial score (nSPS) is 22.5. The summed E-state index contributed by atoms with van der Waals surface area (Å²) in [7, 11) is 0. The molecule has 1 aliphatic carbocycles. The quantitative estimate of drug-likeness (QED) is 0.651. The summed E-state index contributed by atoms with van der Waals surface area (Å²) in [5.74, 6) is 0.289. The zero-order chi connectivity index (χ0) is 12.7. The average molecular weight is 230 g/mol. The monoisotopic (exact) mass is 230 g/mol. The minimum atomic E-state index is -0.236. The standard InChI is InChI=1S/C16H22O/c1-15(2)8-9-16(3,4)14(17)13-7-5-6-12(10-13)11-15/h5-7,10H,8-9,11H2,1-4H3. The van der Waals surface area contributed by atoms with Crippen molar-refractivity contribution in [1.82, 2.24) is 0 Å². The molecule has 0 aliphatic heterocycles. The molecule has 0 fully saturated rings. The number of hydrogen-bond acceptors (Lipinski definition) is 1. The zero-order valence-electron chi connectivity index (χ0n) is 11.3. The molecule has 1 nitrogen and oxygen atoms in total. The molecule has 92 valence electrons. The first-order chi connectivity index (χ1) is 7.80. The first-order valence-corrected chi connectivity index (χ1v) is 6.44. The van der Waals surface area contributed by atoms with Gasteiger partial charge in [0.15, 0.2) is 5.78 Å². The van der Waals surface area contributed by atoms with Gasteiger partial charge in [-0.1, -0.05) is 45.9 Å². The molecule has 0 amide bonds. The third-order valence-electron chi connectivity index (χ3n) is 3.91. The molecule has 0 N–H and O–H groups in total. The Morgan fingerprint density at radius 1 is 1.06 bits per heavy atom. The van der Waals surface area contributed by atoms with Crippen LogP contribution < -0.4 is 0 Å². The van der Waals surface area contributed by atoms with Crippen molar-refractivity contribution in [2.24, 2.45) is 10.8 Å². The SMILES string of the molecule is CC1(C)CCC(C)(C)C(=O)c2cccc(c2)C1. The fraction of sp³-hybridized carbons (Fsp3) is 0.562. The van der Waals surface area contributed by atoms with Crippen LogP contribution in [0.1, 0.15) is 56.5 Å². The van der Waals surface area contributed by atoms with Gasteiger partial charge in [-0.25, -0.2) is 0 Å². The Morgan fingerprint density at radius 2 is 1.76 bits per heavy atom. The summed E-state index contributed by atoms with van der Waals surface area (Å²) >= 11 is 0. The second-order valence-corrected chi connectivity index (χ2v) is 6.75. The van der Waals surface area contributed by atoms with Crippen molar-refractivity contribution in [3.8, 4) is 0 Å². The highest BCUT2D eigenvalue weighted by Crippen LogP contribution is 2.37. The second-order valence-electron chi connectivity index (χ2n) is 6.75. The topological polar surface area (TPSA) is 17.1 Å². The summed E-state index contributed by atoms with van der Waals surface area (Å²) in [6.45, 7) is 8.74. The van der Waals surface area contributed by atoms with Crippen LogP contribution in [-0.2, 0) is 6.42 Å². The number of benzene rings is 1. The van der Waals surface area contributed by atoms with Gasteiger partial charge in [0.1, 0.15) is 0 Å². The Hall–Kier alpha value is -1.11. The molecule has 0 spiro atoms. The third-order valence-corrected chi connectivity index (χ3v) is 3.91. The number of Topliss-reactive ketones (excluding diaryl/α,β-unsaturated/α-hetero) is 1. The van der Waals surface area contributed by atoms with E-state index in [-0.39, 0.29) is 16.6 Å². The molecule has 1 aromatic rings. The summed E-state index contributed by atoms with van der Waals surface area (Å²) in [6.07, 6.45) is 3.13. The van der Waals surface area contributed by atoms with E-state index >= 15 is 0 Å². The number of hydrogen-bond donors (Lipinski definition) is 0. The van der Waals surface area contributed by atoms with Crippen LogP contribution in [0.5, 0.6) is 0 Å². The highest BCUT2D eigenvalue weighted by molar-refractivity contribution is 6.00. The average Bonchev–Trinajstić information content (AvgIpc) is 2.26. The predicted octanol–water partition coefficient (Wildman–Crippen LogP) is 4.26. The molecule has 2 rings (SSSR count). The summed E-state index contributed by atoms with van der Waals surface area (Å²) < 4.78 is 0. The van der Waals surface area contributed by atoms with Crippen LogP contribution in [0.15, 0.2) is 24.3 Å². The van der Waals surface area contributed by atoms with E-state index in [1.165, 1.54) is 5.56 Å². The van der Waals surface area contributed by atoms with Gasteiger partial charge in [0.05, 0.1) is 0 Å². The van der Waals surface area contributed by atoms with Gasteiger partial charge < -0.3 is 0 Å². The van der Waals surface area contributed by atoms with Crippen molar-refractivity contribution in [2.75, 3.05) is 0 Å². The first kappa shape index (κ1) is 12.3. The summed E-state index contributed by atoms with van der Waals surface area (Å²) in [6, 6.07) is 8.18. The smallest absolute Gasteiger partial charge is 0.168 e. The molecule has 1 aromatic carbocycles. The van der Waals surface area contributed by atoms with Crippen LogP contribution in [0.4, 0.5) is 0 Å². The highest BCUT2D eigenvalue weighted by Gasteiger charge is 2.32. The van der Waals surface area contributed by atoms with E-state index in [4.69, 9.17) is 0 Å². The third kappa shape index (κ3) is 2.59. The Labute approximate surface area is 104 Å². The molecule has 0 heterocycles. The maximum atomic E-state index is 12.4. The van der Waals surface area contributed by atoms with E-state index < -0.39 is 0 Å². The van der Waals surface area contributed by atoms with Gasteiger partial charge in [0.2, 0.25) is 0 Å². The van der Waals surface area contributed by atoms with Crippen molar-refractivity contribution in [3.05, 3.63) is 35.4 Å². The van der Waals surface area contributed by atoms with Crippen molar-refractivity contribution in [3.63, 3.8) is 0 Å². The summed E-state index contributed by atoms with van der Waals surface area (Å²) in [4.78, 5) is 12.4. The molecule has 0 unspecified atom stereocenters. The molecule has 0 radical (unpaired) electrons. The van der Waals surface area contributed by atoms with Crippen LogP contribution in [0.3, 0.4) is 0 Å². The fourth-order valence-electron chi connectivity index (χ4n) is 2.62. The molecule has 0 aromatic heterocycles. The van der Waals surface area contributed by atoms with Gasteiger partial charge in [0, 0.05) is 11.0 Å². The first-order valence-electron chi connectivity index (χ1n) is 6.44. The molecular formula is C16H22O. The van der Waals surface area contributed by atoms with Crippen molar-refractivity contribution in [1.29, 1.82) is 0 Å². The van der Waals surface area contributed by atoms with E-state index in [1.807, 2.05) is 12.1 Å². The van der Waals surface area contributed by atoms with Gasteiger partial charge >= 0.3 is 0 Å². The van der Waals surface area contributed by atoms with Crippen LogP contribution >= 0.6 is 0 Å². The van der Waals surface area contributed by atoms with Gasteiger partial charge in [0.25, 0.3) is 0 Å². The van der Waals surface area contributed by atoms with Crippen molar-refractivity contribution >= 4 is 5.78 Å². The van der Waals surface area contributed by atoms with Crippen molar-refractivity contribution in [2.45, 2.75) is 47.0 Å². The van der Waals surface area contributed by atoms with Crippen LogP contribution in [0, 0.1) is 10.8 Å². The number of fused-ring (bicyclic) bond motifs is 2. The van der Waals surface area contributed by atoms with Crippen molar-refractivity contribution < 1.29 is 4.79 Å². The van der Waals surface area contributed by atoms with Gasteiger partial charge in [-0.15, -0.1) is 0 Å². The molecule has 1 heteroatoms. The molecule has 0 saturated carbocycles. The number of ketones is 1. The van der Waals surface area contributed by atoms with Crippen LogP contribution in [0.25, 0.3) is 0 Å². The van der Waals surface area contributed by atoms with Gasteiger partial charge in [-0.2, -0.15) is 0 Å². The van der Waals surface area contributed by atoms with Gasteiger partial charge in [-0.05, 0) is 36.3 Å². The predicted molar refractivity (Wildman–Crippen MR) is 71.3 cm³/mol. The van der Waals surface area contributed by atoms with E-state index in [2.05, 4.69) is 39.8 Å². The Morgan fingerprint density at radius 3 is 2.47 bits per heavy atom. The van der Waals surface area contributed by atoms with E-state index in [0.29, 0.717) is 0 Å². The minimum absolute atomic E-state index is 0.236. The number of carbonyl (C=O) groups excluding carboxylic acids is 1. The summed E-state index contributed by atoms with van der Waals surface area (Å²) in [5, 5.41) is 0. The number of rotatable bonds is 0. The van der Waals surface area contributed by atoms with E-state index in [0.717, 1.165) is 24.8 Å². The molecule has 2 bridgehead atoms. The van der Waals surface area contributed by atoms with Crippen LogP contribution in [-0.4, -0.2) is 5.78 Å². The lowest BCUT2D eigenvalue weighted by Crippen LogP contribution is -2.26. The Bertz CT molecular complexity index is 441. The largest absolute Gasteiger partial charge is 0.294 e. The number of carbonyl (C=O) groups is 1. The molecule has 0 saturated heterocycles. The van der Waals surface area contributed by atoms with E-state index in [1.54, 1.807) is 0 Å². The maximum absolute atomic E-state index is 12.4. The molecule has 17 heavy (non-hydrogen) atoms. The molecule has 0 atom stereocenters.